The van der Waals surface area contributed by atoms with Crippen LogP contribution in [-0.4, -0.2) is 27.6 Å². The molecule has 0 saturated carbocycles. The number of pyridine rings is 1. The predicted molar refractivity (Wildman–Crippen MR) is 88.0 cm³/mol. The normalized spacial score (nSPS) is 12.8. The number of amides is 1. The number of carbonyl (C=O) groups is 1. The third-order valence-corrected chi connectivity index (χ3v) is 3.97. The van der Waals surface area contributed by atoms with Gasteiger partial charge in [-0.05, 0) is 43.4 Å². The Bertz CT molecular complexity index is 769. The smallest absolute Gasteiger partial charge is 0.239 e. The van der Waals surface area contributed by atoms with Crippen LogP contribution < -0.4 is 10.6 Å². The van der Waals surface area contributed by atoms with Gasteiger partial charge in [0.1, 0.15) is 11.6 Å². The second-order valence-corrected chi connectivity index (χ2v) is 5.62. The minimum atomic E-state index is -0.191. The van der Waals surface area contributed by atoms with E-state index in [2.05, 4.69) is 31.9 Å². The molecule has 0 aromatic carbocycles. The molecule has 0 unspecified atom stereocenters. The SMILES string of the molecule is N#Cc1c(NCC(=O)NCc2ccccn2)nnc2c1CCCC2. The van der Waals surface area contributed by atoms with Crippen molar-refractivity contribution in [2.45, 2.75) is 32.2 Å². The van der Waals surface area contributed by atoms with Crippen LogP contribution in [0.5, 0.6) is 0 Å². The molecule has 1 amide bonds. The molecular formula is C17H18N6O. The number of aromatic nitrogens is 3. The fourth-order valence-electron chi connectivity index (χ4n) is 2.73. The number of hydrogen-bond acceptors (Lipinski definition) is 6. The highest BCUT2D eigenvalue weighted by molar-refractivity contribution is 5.80. The summed E-state index contributed by atoms with van der Waals surface area (Å²) in [6, 6.07) is 7.74. The van der Waals surface area contributed by atoms with E-state index in [-0.39, 0.29) is 12.5 Å². The van der Waals surface area contributed by atoms with Crippen LogP contribution in [0.3, 0.4) is 0 Å². The van der Waals surface area contributed by atoms with Gasteiger partial charge in [0.25, 0.3) is 0 Å². The number of nitrogens with one attached hydrogen (secondary N) is 2. The monoisotopic (exact) mass is 322 g/mol. The summed E-state index contributed by atoms with van der Waals surface area (Å²) < 4.78 is 0. The predicted octanol–water partition coefficient (Wildman–Crippen LogP) is 1.35. The number of nitriles is 1. The van der Waals surface area contributed by atoms with E-state index in [1.165, 1.54) is 0 Å². The van der Waals surface area contributed by atoms with Gasteiger partial charge in [0.05, 0.1) is 24.5 Å². The van der Waals surface area contributed by atoms with Crippen LogP contribution in [-0.2, 0) is 24.2 Å². The molecule has 0 saturated heterocycles. The van der Waals surface area contributed by atoms with E-state index in [0.717, 1.165) is 42.6 Å². The second kappa shape index (κ2) is 7.51. The van der Waals surface area contributed by atoms with Crippen LogP contribution in [0.4, 0.5) is 5.82 Å². The molecule has 2 aromatic rings. The Hall–Kier alpha value is -3.01. The van der Waals surface area contributed by atoms with Crippen molar-refractivity contribution in [3.8, 4) is 6.07 Å². The molecule has 0 aliphatic heterocycles. The first-order chi connectivity index (χ1) is 11.8. The minimum absolute atomic E-state index is 0.0367. The summed E-state index contributed by atoms with van der Waals surface area (Å²) in [4.78, 5) is 16.1. The first-order valence-corrected chi connectivity index (χ1v) is 7.97. The lowest BCUT2D eigenvalue weighted by Crippen LogP contribution is -2.30. The summed E-state index contributed by atoms with van der Waals surface area (Å²) in [6.07, 6.45) is 5.52. The van der Waals surface area contributed by atoms with Gasteiger partial charge in [0.15, 0.2) is 5.82 Å². The molecule has 1 aliphatic rings. The van der Waals surface area contributed by atoms with E-state index in [1.807, 2.05) is 18.2 Å². The highest BCUT2D eigenvalue weighted by Gasteiger charge is 2.19. The highest BCUT2D eigenvalue weighted by Crippen LogP contribution is 2.25. The Morgan fingerprint density at radius 1 is 1.25 bits per heavy atom. The Morgan fingerprint density at radius 3 is 2.92 bits per heavy atom. The van der Waals surface area contributed by atoms with Gasteiger partial charge in [-0.1, -0.05) is 6.07 Å². The van der Waals surface area contributed by atoms with Crippen molar-refractivity contribution in [1.82, 2.24) is 20.5 Å². The van der Waals surface area contributed by atoms with E-state index in [1.54, 1.807) is 6.20 Å². The summed E-state index contributed by atoms with van der Waals surface area (Å²) >= 11 is 0. The molecular weight excluding hydrogens is 304 g/mol. The average molecular weight is 322 g/mol. The number of fused-ring (bicyclic) bond motifs is 1. The molecule has 0 radical (unpaired) electrons. The summed E-state index contributed by atoms with van der Waals surface area (Å²) in [5, 5.41) is 23.4. The van der Waals surface area contributed by atoms with Crippen LogP contribution in [0, 0.1) is 11.3 Å². The zero-order valence-electron chi connectivity index (χ0n) is 13.2. The molecule has 0 bridgehead atoms. The first kappa shape index (κ1) is 15.9. The van der Waals surface area contributed by atoms with Crippen molar-refractivity contribution in [3.63, 3.8) is 0 Å². The molecule has 0 fully saturated rings. The highest BCUT2D eigenvalue weighted by atomic mass is 16.1. The summed E-state index contributed by atoms with van der Waals surface area (Å²) in [5.74, 6) is 0.190. The molecule has 7 heteroatoms. The molecule has 2 N–H and O–H groups in total. The number of rotatable bonds is 5. The van der Waals surface area contributed by atoms with Gasteiger partial charge >= 0.3 is 0 Å². The summed E-state index contributed by atoms with van der Waals surface area (Å²) in [5.41, 5.74) is 3.17. The number of anilines is 1. The van der Waals surface area contributed by atoms with Gasteiger partial charge in [-0.25, -0.2) is 0 Å². The Balaban J connectivity index is 1.60. The van der Waals surface area contributed by atoms with E-state index >= 15 is 0 Å². The topological polar surface area (TPSA) is 104 Å². The second-order valence-electron chi connectivity index (χ2n) is 5.62. The molecule has 2 aromatic heterocycles. The quantitative estimate of drug-likeness (QED) is 0.861. The lowest BCUT2D eigenvalue weighted by molar-refractivity contribution is -0.119. The van der Waals surface area contributed by atoms with Crippen molar-refractivity contribution in [3.05, 3.63) is 46.9 Å². The molecule has 7 nitrogen and oxygen atoms in total. The Morgan fingerprint density at radius 2 is 2.12 bits per heavy atom. The number of hydrogen-bond donors (Lipinski definition) is 2. The van der Waals surface area contributed by atoms with E-state index in [9.17, 15) is 10.1 Å². The van der Waals surface area contributed by atoms with Gasteiger partial charge in [0, 0.05) is 6.20 Å². The van der Waals surface area contributed by atoms with Crippen LogP contribution in [0.1, 0.15) is 35.4 Å². The maximum Gasteiger partial charge on any atom is 0.239 e. The van der Waals surface area contributed by atoms with Crippen molar-refractivity contribution in [2.75, 3.05) is 11.9 Å². The molecule has 0 atom stereocenters. The van der Waals surface area contributed by atoms with E-state index < -0.39 is 0 Å². The number of carbonyl (C=O) groups excluding carboxylic acids is 1. The van der Waals surface area contributed by atoms with Crippen LogP contribution in [0.2, 0.25) is 0 Å². The van der Waals surface area contributed by atoms with Crippen molar-refractivity contribution >= 4 is 11.7 Å². The maximum atomic E-state index is 11.9. The molecule has 1 aliphatic carbocycles. The van der Waals surface area contributed by atoms with Crippen LogP contribution in [0.15, 0.2) is 24.4 Å². The van der Waals surface area contributed by atoms with Gasteiger partial charge < -0.3 is 10.6 Å². The lowest BCUT2D eigenvalue weighted by Gasteiger charge is -2.17. The van der Waals surface area contributed by atoms with Crippen LogP contribution in [0.25, 0.3) is 0 Å². The minimum Gasteiger partial charge on any atom is -0.358 e. The van der Waals surface area contributed by atoms with E-state index in [0.29, 0.717) is 17.9 Å². The standard InChI is InChI=1S/C17H18N6O/c18-9-14-13-6-1-2-7-15(13)22-23-17(14)21-11-16(24)20-10-12-5-3-4-8-19-12/h3-5,8H,1-2,6-7,10-11H2,(H,20,24)(H,21,23). The van der Waals surface area contributed by atoms with Crippen molar-refractivity contribution in [2.24, 2.45) is 0 Å². The maximum absolute atomic E-state index is 11.9. The largest absolute Gasteiger partial charge is 0.358 e. The van der Waals surface area contributed by atoms with Crippen molar-refractivity contribution < 1.29 is 4.79 Å². The Labute approximate surface area is 140 Å². The zero-order chi connectivity index (χ0) is 16.8. The van der Waals surface area contributed by atoms with Gasteiger partial charge in [-0.2, -0.15) is 10.4 Å². The number of aryl methyl sites for hydroxylation is 1. The third-order valence-electron chi connectivity index (χ3n) is 3.97. The molecule has 2 heterocycles. The Kier molecular flexibility index (Phi) is 4.96. The average Bonchev–Trinajstić information content (AvgIpc) is 2.65. The van der Waals surface area contributed by atoms with Gasteiger partial charge in [0.2, 0.25) is 5.91 Å². The zero-order valence-corrected chi connectivity index (χ0v) is 13.2. The summed E-state index contributed by atoms with van der Waals surface area (Å²) in [7, 11) is 0. The molecule has 24 heavy (non-hydrogen) atoms. The third kappa shape index (κ3) is 3.66. The fourth-order valence-corrected chi connectivity index (χ4v) is 2.73. The number of nitrogens with zero attached hydrogens (tertiary/aromatic N) is 4. The van der Waals surface area contributed by atoms with Gasteiger partial charge in [-0.15, -0.1) is 5.10 Å². The molecule has 122 valence electrons. The van der Waals surface area contributed by atoms with Crippen molar-refractivity contribution in [1.29, 1.82) is 5.26 Å². The van der Waals surface area contributed by atoms with E-state index in [4.69, 9.17) is 0 Å². The van der Waals surface area contributed by atoms with Crippen LogP contribution >= 0.6 is 0 Å². The fraction of sp³-hybridized carbons (Fsp3) is 0.353. The summed E-state index contributed by atoms with van der Waals surface area (Å²) in [6.45, 7) is 0.400. The van der Waals surface area contributed by atoms with Gasteiger partial charge in [-0.3, -0.25) is 9.78 Å². The lowest BCUT2D eigenvalue weighted by atomic mass is 9.93. The first-order valence-electron chi connectivity index (χ1n) is 7.97. The molecule has 0 spiro atoms. The molecule has 3 rings (SSSR count).